The van der Waals surface area contributed by atoms with Crippen LogP contribution in [-0.2, 0) is 9.59 Å². The summed E-state index contributed by atoms with van der Waals surface area (Å²) >= 11 is 0. The molecule has 15 heavy (non-hydrogen) atoms. The van der Waals surface area contributed by atoms with E-state index >= 15 is 0 Å². The van der Waals surface area contributed by atoms with Crippen LogP contribution in [0.3, 0.4) is 0 Å². The molecule has 1 saturated heterocycles. The Morgan fingerprint density at radius 3 is 2.47 bits per heavy atom. The number of carbonyl (C=O) groups is 2. The largest absolute Gasteiger partial charge is 0.330 e. The molecule has 86 valence electrons. The molecule has 1 aliphatic rings. The van der Waals surface area contributed by atoms with Gasteiger partial charge in [-0.2, -0.15) is 0 Å². The van der Waals surface area contributed by atoms with Gasteiger partial charge in [0.2, 0.25) is 5.91 Å². The zero-order valence-corrected chi connectivity index (χ0v) is 9.79. The SMILES string of the molecule is CCC(C=O)(CC)N1CCCCCC1=O. The molecule has 3 nitrogen and oxygen atoms in total. The van der Waals surface area contributed by atoms with Gasteiger partial charge in [-0.25, -0.2) is 0 Å². The Morgan fingerprint density at radius 1 is 1.27 bits per heavy atom. The average Bonchev–Trinajstić information content (AvgIpc) is 2.48. The van der Waals surface area contributed by atoms with Crippen molar-refractivity contribution in [2.75, 3.05) is 6.54 Å². The molecule has 0 atom stereocenters. The van der Waals surface area contributed by atoms with E-state index in [4.69, 9.17) is 0 Å². The fourth-order valence-corrected chi connectivity index (χ4v) is 2.32. The average molecular weight is 211 g/mol. The first kappa shape index (κ1) is 12.2. The summed E-state index contributed by atoms with van der Waals surface area (Å²) in [6, 6.07) is 0. The van der Waals surface area contributed by atoms with Crippen molar-refractivity contribution in [1.82, 2.24) is 4.90 Å². The van der Waals surface area contributed by atoms with Crippen molar-refractivity contribution in [1.29, 1.82) is 0 Å². The quantitative estimate of drug-likeness (QED) is 0.668. The molecule has 1 aliphatic heterocycles. The van der Waals surface area contributed by atoms with E-state index in [2.05, 4.69) is 0 Å². The lowest BCUT2D eigenvalue weighted by Gasteiger charge is -2.38. The van der Waals surface area contributed by atoms with Crippen molar-refractivity contribution < 1.29 is 9.59 Å². The maximum absolute atomic E-state index is 11.9. The number of carbonyl (C=O) groups excluding carboxylic acids is 2. The first-order valence-corrected chi connectivity index (χ1v) is 5.97. The molecule has 0 aliphatic carbocycles. The summed E-state index contributed by atoms with van der Waals surface area (Å²) in [6.07, 6.45) is 6.12. The maximum Gasteiger partial charge on any atom is 0.223 e. The smallest absolute Gasteiger partial charge is 0.223 e. The summed E-state index contributed by atoms with van der Waals surface area (Å²) in [5, 5.41) is 0. The van der Waals surface area contributed by atoms with Gasteiger partial charge in [-0.3, -0.25) is 4.79 Å². The van der Waals surface area contributed by atoms with Crippen LogP contribution in [0, 0.1) is 0 Å². The third kappa shape index (κ3) is 2.39. The number of aldehydes is 1. The fraction of sp³-hybridized carbons (Fsp3) is 0.833. The molecular weight excluding hydrogens is 190 g/mol. The second-order valence-corrected chi connectivity index (χ2v) is 4.28. The van der Waals surface area contributed by atoms with Gasteiger partial charge in [0.1, 0.15) is 6.29 Å². The van der Waals surface area contributed by atoms with Gasteiger partial charge in [0, 0.05) is 13.0 Å². The lowest BCUT2D eigenvalue weighted by molar-refractivity contribution is -0.142. The molecule has 0 aromatic carbocycles. The summed E-state index contributed by atoms with van der Waals surface area (Å²) < 4.78 is 0. The van der Waals surface area contributed by atoms with Crippen LogP contribution >= 0.6 is 0 Å². The molecule has 1 amide bonds. The molecule has 0 saturated carbocycles. The summed E-state index contributed by atoms with van der Waals surface area (Å²) in [7, 11) is 0. The minimum Gasteiger partial charge on any atom is -0.330 e. The molecule has 3 heteroatoms. The zero-order valence-electron chi connectivity index (χ0n) is 9.79. The van der Waals surface area contributed by atoms with Crippen molar-refractivity contribution in [3.05, 3.63) is 0 Å². The van der Waals surface area contributed by atoms with Gasteiger partial charge in [-0.05, 0) is 25.7 Å². The van der Waals surface area contributed by atoms with Gasteiger partial charge in [-0.1, -0.05) is 20.3 Å². The number of hydrogen-bond donors (Lipinski definition) is 0. The van der Waals surface area contributed by atoms with Gasteiger partial charge in [-0.15, -0.1) is 0 Å². The molecule has 0 radical (unpaired) electrons. The van der Waals surface area contributed by atoms with Gasteiger partial charge in [0.05, 0.1) is 5.54 Å². The van der Waals surface area contributed by atoms with Crippen LogP contribution in [-0.4, -0.2) is 29.2 Å². The van der Waals surface area contributed by atoms with Crippen molar-refractivity contribution in [2.45, 2.75) is 57.9 Å². The molecule has 0 unspecified atom stereocenters. The van der Waals surface area contributed by atoms with E-state index in [0.29, 0.717) is 6.42 Å². The molecule has 0 aromatic heterocycles. The molecule has 0 aromatic rings. The Balaban J connectivity index is 2.88. The van der Waals surface area contributed by atoms with Crippen LogP contribution in [0.25, 0.3) is 0 Å². The monoisotopic (exact) mass is 211 g/mol. The number of likely N-dealkylation sites (tertiary alicyclic amines) is 1. The minimum absolute atomic E-state index is 0.156. The van der Waals surface area contributed by atoms with Gasteiger partial charge < -0.3 is 9.69 Å². The standard InChI is InChI=1S/C12H21NO2/c1-3-12(4-2,10-14)13-9-7-5-6-8-11(13)15/h10H,3-9H2,1-2H3. The lowest BCUT2D eigenvalue weighted by Crippen LogP contribution is -2.52. The molecule has 0 bridgehead atoms. The highest BCUT2D eigenvalue weighted by Gasteiger charge is 2.36. The van der Waals surface area contributed by atoms with Crippen molar-refractivity contribution in [3.63, 3.8) is 0 Å². The van der Waals surface area contributed by atoms with Crippen LogP contribution < -0.4 is 0 Å². The zero-order chi connectivity index (χ0) is 11.3. The third-order valence-electron chi connectivity index (χ3n) is 3.55. The third-order valence-corrected chi connectivity index (χ3v) is 3.55. The Hall–Kier alpha value is -0.860. The molecular formula is C12H21NO2. The highest BCUT2D eigenvalue weighted by atomic mass is 16.2. The fourth-order valence-electron chi connectivity index (χ4n) is 2.32. The van der Waals surface area contributed by atoms with Gasteiger partial charge in [0.15, 0.2) is 0 Å². The Labute approximate surface area is 91.8 Å². The van der Waals surface area contributed by atoms with Crippen LogP contribution in [0.4, 0.5) is 0 Å². The van der Waals surface area contributed by atoms with E-state index in [-0.39, 0.29) is 5.91 Å². The molecule has 0 spiro atoms. The Bertz CT molecular complexity index is 234. The second-order valence-electron chi connectivity index (χ2n) is 4.28. The lowest BCUT2D eigenvalue weighted by atomic mass is 9.92. The summed E-state index contributed by atoms with van der Waals surface area (Å²) in [5.41, 5.74) is -0.540. The number of hydrogen-bond acceptors (Lipinski definition) is 2. The maximum atomic E-state index is 11.9. The molecule has 0 N–H and O–H groups in total. The first-order chi connectivity index (χ1) is 7.20. The first-order valence-electron chi connectivity index (χ1n) is 5.97. The second kappa shape index (κ2) is 5.29. The van der Waals surface area contributed by atoms with E-state index in [1.165, 1.54) is 0 Å². The van der Waals surface area contributed by atoms with Crippen LogP contribution in [0.15, 0.2) is 0 Å². The van der Waals surface area contributed by atoms with E-state index in [1.807, 2.05) is 18.7 Å². The molecule has 1 heterocycles. The van der Waals surface area contributed by atoms with E-state index in [9.17, 15) is 9.59 Å². The van der Waals surface area contributed by atoms with E-state index in [1.54, 1.807) is 0 Å². The van der Waals surface area contributed by atoms with Crippen LogP contribution in [0.1, 0.15) is 52.4 Å². The number of rotatable bonds is 4. The summed E-state index contributed by atoms with van der Waals surface area (Å²) in [6.45, 7) is 4.71. The Kier molecular flexibility index (Phi) is 4.30. The minimum atomic E-state index is -0.540. The van der Waals surface area contributed by atoms with Gasteiger partial charge >= 0.3 is 0 Å². The van der Waals surface area contributed by atoms with Gasteiger partial charge in [0.25, 0.3) is 0 Å². The molecule has 1 fully saturated rings. The predicted octanol–water partition coefficient (Wildman–Crippen LogP) is 2.15. The van der Waals surface area contributed by atoms with Crippen LogP contribution in [0.5, 0.6) is 0 Å². The van der Waals surface area contributed by atoms with Crippen LogP contribution in [0.2, 0.25) is 0 Å². The normalized spacial score (nSPS) is 18.8. The summed E-state index contributed by atoms with van der Waals surface area (Å²) in [4.78, 5) is 25.0. The number of nitrogens with zero attached hydrogens (tertiary/aromatic N) is 1. The predicted molar refractivity (Wildman–Crippen MR) is 59.6 cm³/mol. The van der Waals surface area contributed by atoms with Crippen molar-refractivity contribution in [2.24, 2.45) is 0 Å². The number of amides is 1. The highest BCUT2D eigenvalue weighted by molar-refractivity contribution is 5.82. The topological polar surface area (TPSA) is 37.4 Å². The Morgan fingerprint density at radius 2 is 1.93 bits per heavy atom. The van der Waals surface area contributed by atoms with Crippen molar-refractivity contribution in [3.8, 4) is 0 Å². The molecule has 1 rings (SSSR count). The highest BCUT2D eigenvalue weighted by Crippen LogP contribution is 2.25. The van der Waals surface area contributed by atoms with E-state index < -0.39 is 5.54 Å². The van der Waals surface area contributed by atoms with E-state index in [0.717, 1.165) is 44.9 Å². The summed E-state index contributed by atoms with van der Waals surface area (Å²) in [5.74, 6) is 0.156. The van der Waals surface area contributed by atoms with Crippen molar-refractivity contribution >= 4 is 12.2 Å².